The molecule has 5 nitrogen and oxygen atoms in total. The summed E-state index contributed by atoms with van der Waals surface area (Å²) in [5.41, 5.74) is 0. The molecule has 0 aliphatic carbocycles. The summed E-state index contributed by atoms with van der Waals surface area (Å²) in [6, 6.07) is 2.86. The van der Waals surface area contributed by atoms with Gasteiger partial charge in [0, 0.05) is 24.4 Å². The van der Waals surface area contributed by atoms with Crippen LogP contribution < -0.4 is 14.2 Å². The minimum absolute atomic E-state index is 0.103. The van der Waals surface area contributed by atoms with Crippen LogP contribution in [-0.4, -0.2) is 31.2 Å². The quantitative estimate of drug-likeness (QED) is 0.362. The van der Waals surface area contributed by atoms with Crippen LogP contribution in [0.4, 0.5) is 0 Å². The maximum absolute atomic E-state index is 11.6. The van der Waals surface area contributed by atoms with Crippen molar-refractivity contribution in [2.45, 2.75) is 19.3 Å². The second-order valence-corrected chi connectivity index (χ2v) is 4.18. The van der Waals surface area contributed by atoms with Crippen LogP contribution in [0.25, 0.3) is 0 Å². The van der Waals surface area contributed by atoms with Gasteiger partial charge < -0.3 is 19.3 Å². The molecule has 0 aromatic heterocycles. The van der Waals surface area contributed by atoms with Crippen molar-refractivity contribution in [2.24, 2.45) is 0 Å². The molecule has 106 valence electrons. The third kappa shape index (κ3) is 4.52. The number of aromatic hydroxyl groups is 1. The predicted molar refractivity (Wildman–Crippen MR) is 71.4 cm³/mol. The lowest BCUT2D eigenvalue weighted by Crippen LogP contribution is -2.08. The van der Waals surface area contributed by atoms with Crippen molar-refractivity contribution in [1.29, 1.82) is 0 Å². The number of halogens is 1. The smallest absolute Gasteiger partial charge is 0.311 e. The summed E-state index contributed by atoms with van der Waals surface area (Å²) in [5, 5.41) is 9.72. The molecule has 0 amide bonds. The highest BCUT2D eigenvalue weighted by Gasteiger charge is 2.16. The molecule has 0 fully saturated rings. The highest BCUT2D eigenvalue weighted by atomic mass is 35.5. The van der Waals surface area contributed by atoms with Gasteiger partial charge in [-0.25, -0.2) is 0 Å². The number of benzene rings is 1. The van der Waals surface area contributed by atoms with Crippen LogP contribution in [0.5, 0.6) is 23.0 Å². The number of esters is 1. The van der Waals surface area contributed by atoms with Gasteiger partial charge >= 0.3 is 5.97 Å². The Morgan fingerprint density at radius 1 is 1.26 bits per heavy atom. The Labute approximate surface area is 117 Å². The summed E-state index contributed by atoms with van der Waals surface area (Å²) in [5.74, 6) is 0.571. The van der Waals surface area contributed by atoms with Crippen molar-refractivity contribution in [2.75, 3.05) is 20.1 Å². The van der Waals surface area contributed by atoms with E-state index in [2.05, 4.69) is 0 Å². The summed E-state index contributed by atoms with van der Waals surface area (Å²) in [6.07, 6.45) is 1.66. The topological polar surface area (TPSA) is 65.0 Å². The van der Waals surface area contributed by atoms with Gasteiger partial charge in [-0.05, 0) is 12.8 Å². The van der Waals surface area contributed by atoms with Gasteiger partial charge in [-0.3, -0.25) is 4.79 Å². The number of ether oxygens (including phenoxy) is 3. The number of carbonyl (C=O) groups excluding carboxylic acids is 1. The maximum atomic E-state index is 11.6. The Morgan fingerprint density at radius 2 is 2.00 bits per heavy atom. The summed E-state index contributed by atoms with van der Waals surface area (Å²) in [6.45, 7) is 0. The van der Waals surface area contributed by atoms with Crippen LogP contribution in [-0.2, 0) is 4.79 Å². The third-order valence-electron chi connectivity index (χ3n) is 2.44. The van der Waals surface area contributed by atoms with Gasteiger partial charge in [0.25, 0.3) is 0 Å². The van der Waals surface area contributed by atoms with Gasteiger partial charge in [0.05, 0.1) is 14.2 Å². The first kappa shape index (κ1) is 15.4. The largest absolute Gasteiger partial charge is 0.504 e. The van der Waals surface area contributed by atoms with Crippen LogP contribution >= 0.6 is 11.6 Å². The van der Waals surface area contributed by atoms with Crippen molar-refractivity contribution in [3.8, 4) is 23.0 Å². The molecule has 0 radical (unpaired) electrons. The molecule has 0 unspecified atom stereocenters. The lowest BCUT2D eigenvalue weighted by Gasteiger charge is -2.12. The van der Waals surface area contributed by atoms with E-state index in [0.717, 1.165) is 6.42 Å². The molecule has 0 aliphatic rings. The molecule has 1 aromatic carbocycles. The van der Waals surface area contributed by atoms with Crippen LogP contribution in [0.3, 0.4) is 0 Å². The molecule has 0 aliphatic heterocycles. The number of unbranched alkanes of at least 4 members (excludes halogenated alkanes) is 1. The molecule has 0 atom stereocenters. The number of hydrogen-bond donors (Lipinski definition) is 1. The molecular weight excluding hydrogens is 272 g/mol. The van der Waals surface area contributed by atoms with E-state index in [0.29, 0.717) is 18.1 Å². The van der Waals surface area contributed by atoms with Crippen LogP contribution in [0.2, 0.25) is 0 Å². The van der Waals surface area contributed by atoms with Crippen molar-refractivity contribution in [3.05, 3.63) is 12.1 Å². The molecule has 1 N–H and O–H groups in total. The molecular formula is C13H17ClO5. The van der Waals surface area contributed by atoms with Gasteiger partial charge in [-0.1, -0.05) is 0 Å². The number of alkyl halides is 1. The van der Waals surface area contributed by atoms with E-state index in [-0.39, 0.29) is 23.7 Å². The first-order chi connectivity index (χ1) is 9.12. The zero-order chi connectivity index (χ0) is 14.3. The number of methoxy groups -OCH3 is 2. The molecule has 0 heterocycles. The van der Waals surface area contributed by atoms with E-state index < -0.39 is 5.97 Å². The average Bonchev–Trinajstić information content (AvgIpc) is 2.38. The normalized spacial score (nSPS) is 10.1. The molecule has 6 heteroatoms. The van der Waals surface area contributed by atoms with E-state index in [1.54, 1.807) is 0 Å². The van der Waals surface area contributed by atoms with E-state index in [4.69, 9.17) is 25.8 Å². The SMILES string of the molecule is COc1cc(O)c(OC)c(OC(=O)CCCCCl)c1. The molecule has 19 heavy (non-hydrogen) atoms. The number of rotatable bonds is 7. The highest BCUT2D eigenvalue weighted by molar-refractivity contribution is 6.17. The van der Waals surface area contributed by atoms with E-state index in [1.165, 1.54) is 26.4 Å². The van der Waals surface area contributed by atoms with E-state index in [9.17, 15) is 9.90 Å². The van der Waals surface area contributed by atoms with E-state index in [1.807, 2.05) is 0 Å². The molecule has 0 saturated heterocycles. The second kappa shape index (κ2) is 7.74. The Kier molecular flexibility index (Phi) is 6.29. The third-order valence-corrected chi connectivity index (χ3v) is 2.70. The number of phenols is 1. The van der Waals surface area contributed by atoms with Gasteiger partial charge in [0.15, 0.2) is 11.5 Å². The fraction of sp³-hybridized carbons (Fsp3) is 0.462. The number of carbonyl (C=O) groups is 1. The minimum Gasteiger partial charge on any atom is -0.504 e. The fourth-order valence-corrected chi connectivity index (χ4v) is 1.69. The molecule has 0 bridgehead atoms. The van der Waals surface area contributed by atoms with Crippen molar-refractivity contribution >= 4 is 17.6 Å². The first-order valence-electron chi connectivity index (χ1n) is 5.84. The van der Waals surface area contributed by atoms with Crippen molar-refractivity contribution in [3.63, 3.8) is 0 Å². The standard InChI is InChI=1S/C13H17ClO5/c1-17-9-7-10(15)13(18-2)11(8-9)19-12(16)5-3-4-6-14/h7-8,15H,3-6H2,1-2H3. The number of hydrogen-bond acceptors (Lipinski definition) is 5. The predicted octanol–water partition coefficient (Wildman–Crippen LogP) is 2.72. The molecule has 0 saturated carbocycles. The van der Waals surface area contributed by atoms with Crippen LogP contribution in [0.15, 0.2) is 12.1 Å². The highest BCUT2D eigenvalue weighted by Crippen LogP contribution is 2.40. The summed E-state index contributed by atoms with van der Waals surface area (Å²) < 4.78 is 15.1. The van der Waals surface area contributed by atoms with Crippen LogP contribution in [0.1, 0.15) is 19.3 Å². The Hall–Kier alpha value is -1.62. The molecule has 1 rings (SSSR count). The average molecular weight is 289 g/mol. The van der Waals surface area contributed by atoms with Crippen LogP contribution in [0, 0.1) is 0 Å². The van der Waals surface area contributed by atoms with Gasteiger partial charge in [-0.2, -0.15) is 0 Å². The zero-order valence-corrected chi connectivity index (χ0v) is 11.7. The number of phenolic OH excluding ortho intramolecular Hbond substituents is 1. The van der Waals surface area contributed by atoms with E-state index >= 15 is 0 Å². The first-order valence-corrected chi connectivity index (χ1v) is 6.37. The Morgan fingerprint density at radius 3 is 2.58 bits per heavy atom. The van der Waals surface area contributed by atoms with Gasteiger partial charge in [0.2, 0.25) is 5.75 Å². The van der Waals surface area contributed by atoms with Crippen molar-refractivity contribution in [1.82, 2.24) is 0 Å². The summed E-state index contributed by atoms with van der Waals surface area (Å²) >= 11 is 5.53. The zero-order valence-electron chi connectivity index (χ0n) is 10.9. The van der Waals surface area contributed by atoms with Gasteiger partial charge in [0.1, 0.15) is 5.75 Å². The Balaban J connectivity index is 2.80. The fourth-order valence-electron chi connectivity index (χ4n) is 1.50. The molecule has 1 aromatic rings. The lowest BCUT2D eigenvalue weighted by atomic mass is 10.2. The minimum atomic E-state index is -0.406. The monoisotopic (exact) mass is 288 g/mol. The van der Waals surface area contributed by atoms with Crippen molar-refractivity contribution < 1.29 is 24.1 Å². The summed E-state index contributed by atoms with van der Waals surface area (Å²) in [7, 11) is 2.83. The molecule has 0 spiro atoms. The van der Waals surface area contributed by atoms with Gasteiger partial charge in [-0.15, -0.1) is 11.6 Å². The second-order valence-electron chi connectivity index (χ2n) is 3.80. The maximum Gasteiger partial charge on any atom is 0.311 e. The summed E-state index contributed by atoms with van der Waals surface area (Å²) in [4.78, 5) is 11.6. The lowest BCUT2D eigenvalue weighted by molar-refractivity contribution is -0.134. The Bertz CT molecular complexity index is 433.